The van der Waals surface area contributed by atoms with Crippen LogP contribution in [0.5, 0.6) is 5.75 Å². The molecule has 0 heterocycles. The third-order valence-electron chi connectivity index (χ3n) is 1.55. The SMILES string of the molecule is CC(C)COc1c(F)cc(F)cc1S. The van der Waals surface area contributed by atoms with Crippen molar-refractivity contribution in [1.82, 2.24) is 0 Å². The van der Waals surface area contributed by atoms with Gasteiger partial charge < -0.3 is 4.74 Å². The van der Waals surface area contributed by atoms with Gasteiger partial charge in [-0.25, -0.2) is 8.78 Å². The van der Waals surface area contributed by atoms with Gasteiger partial charge in [-0.15, -0.1) is 12.6 Å². The normalized spacial score (nSPS) is 10.7. The fraction of sp³-hybridized carbons (Fsp3) is 0.400. The molecule has 1 nitrogen and oxygen atoms in total. The molecule has 0 bridgehead atoms. The number of hydrogen-bond donors (Lipinski definition) is 1. The minimum Gasteiger partial charge on any atom is -0.489 e. The van der Waals surface area contributed by atoms with E-state index >= 15 is 0 Å². The van der Waals surface area contributed by atoms with Crippen molar-refractivity contribution in [2.24, 2.45) is 5.92 Å². The van der Waals surface area contributed by atoms with Crippen LogP contribution in [-0.4, -0.2) is 6.61 Å². The van der Waals surface area contributed by atoms with Crippen LogP contribution in [-0.2, 0) is 0 Å². The predicted octanol–water partition coefficient (Wildman–Crippen LogP) is 3.29. The Morgan fingerprint density at radius 2 is 2.00 bits per heavy atom. The molecule has 0 fully saturated rings. The van der Waals surface area contributed by atoms with Crippen LogP contribution in [0.4, 0.5) is 8.78 Å². The molecular weight excluding hydrogens is 206 g/mol. The van der Waals surface area contributed by atoms with Crippen LogP contribution in [0.3, 0.4) is 0 Å². The lowest BCUT2D eigenvalue weighted by Gasteiger charge is -2.11. The van der Waals surface area contributed by atoms with Gasteiger partial charge in [0.15, 0.2) is 11.6 Å². The molecule has 1 aromatic carbocycles. The summed E-state index contributed by atoms with van der Waals surface area (Å²) in [7, 11) is 0. The summed E-state index contributed by atoms with van der Waals surface area (Å²) >= 11 is 3.93. The second-order valence-electron chi connectivity index (χ2n) is 3.44. The number of halogens is 2. The summed E-state index contributed by atoms with van der Waals surface area (Å²) in [5.41, 5.74) is 0. The standard InChI is InChI=1S/C10H12F2OS/c1-6(2)5-13-10-8(12)3-7(11)4-9(10)14/h3-4,6,14H,5H2,1-2H3. The lowest BCUT2D eigenvalue weighted by Crippen LogP contribution is -2.06. The first-order valence-corrected chi connectivity index (χ1v) is 4.76. The maximum atomic E-state index is 13.1. The Morgan fingerprint density at radius 3 is 2.50 bits per heavy atom. The minimum absolute atomic E-state index is 0.0171. The molecule has 0 aliphatic carbocycles. The van der Waals surface area contributed by atoms with Gasteiger partial charge in [-0.05, 0) is 12.0 Å². The molecule has 4 heteroatoms. The van der Waals surface area contributed by atoms with Crippen LogP contribution >= 0.6 is 12.6 Å². The van der Waals surface area contributed by atoms with Gasteiger partial charge in [-0.2, -0.15) is 0 Å². The maximum Gasteiger partial charge on any atom is 0.169 e. The molecule has 0 radical (unpaired) electrons. The summed E-state index contributed by atoms with van der Waals surface area (Å²) in [6, 6.07) is 1.91. The number of ether oxygens (including phenoxy) is 1. The highest BCUT2D eigenvalue weighted by molar-refractivity contribution is 7.80. The molecule has 0 aromatic heterocycles. The molecule has 0 aliphatic heterocycles. The van der Waals surface area contributed by atoms with Gasteiger partial charge in [0.2, 0.25) is 0 Å². The summed E-state index contributed by atoms with van der Waals surface area (Å²) in [4.78, 5) is 0.183. The Bertz CT molecular complexity index is 303. The lowest BCUT2D eigenvalue weighted by molar-refractivity contribution is 0.252. The Balaban J connectivity index is 2.86. The van der Waals surface area contributed by atoms with Crippen LogP contribution < -0.4 is 4.74 Å². The molecule has 0 aliphatic rings. The zero-order valence-corrected chi connectivity index (χ0v) is 8.94. The Hall–Kier alpha value is -0.770. The average molecular weight is 218 g/mol. The van der Waals surface area contributed by atoms with E-state index in [1.54, 1.807) is 0 Å². The molecule has 0 N–H and O–H groups in total. The molecule has 1 aromatic rings. The van der Waals surface area contributed by atoms with Crippen LogP contribution in [0.15, 0.2) is 17.0 Å². The van der Waals surface area contributed by atoms with Crippen molar-refractivity contribution in [3.63, 3.8) is 0 Å². The van der Waals surface area contributed by atoms with E-state index < -0.39 is 11.6 Å². The van der Waals surface area contributed by atoms with Crippen LogP contribution in [0, 0.1) is 17.6 Å². The van der Waals surface area contributed by atoms with Crippen LogP contribution in [0.1, 0.15) is 13.8 Å². The van der Waals surface area contributed by atoms with Gasteiger partial charge in [0.25, 0.3) is 0 Å². The summed E-state index contributed by atoms with van der Waals surface area (Å²) in [6.07, 6.45) is 0. The number of benzene rings is 1. The fourth-order valence-electron chi connectivity index (χ4n) is 0.940. The molecule has 1 rings (SSSR count). The van der Waals surface area contributed by atoms with Gasteiger partial charge in [-0.1, -0.05) is 13.8 Å². The predicted molar refractivity (Wildman–Crippen MR) is 53.9 cm³/mol. The maximum absolute atomic E-state index is 13.1. The summed E-state index contributed by atoms with van der Waals surface area (Å²) < 4.78 is 31.0. The minimum atomic E-state index is -0.712. The average Bonchev–Trinajstić information content (AvgIpc) is 2.01. The second-order valence-corrected chi connectivity index (χ2v) is 3.92. The third kappa shape index (κ3) is 2.87. The monoisotopic (exact) mass is 218 g/mol. The van der Waals surface area contributed by atoms with E-state index in [-0.39, 0.29) is 16.6 Å². The van der Waals surface area contributed by atoms with Crippen molar-refractivity contribution in [3.05, 3.63) is 23.8 Å². The van der Waals surface area contributed by atoms with Crippen LogP contribution in [0.25, 0.3) is 0 Å². The quantitative estimate of drug-likeness (QED) is 0.766. The molecule has 14 heavy (non-hydrogen) atoms. The van der Waals surface area contributed by atoms with Crippen molar-refractivity contribution >= 4 is 12.6 Å². The molecule has 0 saturated carbocycles. The van der Waals surface area contributed by atoms with E-state index in [0.717, 1.165) is 12.1 Å². The first-order valence-electron chi connectivity index (χ1n) is 4.31. The van der Waals surface area contributed by atoms with Crippen molar-refractivity contribution in [2.45, 2.75) is 18.7 Å². The zero-order valence-electron chi connectivity index (χ0n) is 8.05. The van der Waals surface area contributed by atoms with Gasteiger partial charge in [0, 0.05) is 6.07 Å². The molecule has 0 amide bonds. The summed E-state index contributed by atoms with van der Waals surface area (Å²) in [5.74, 6) is -1.06. The van der Waals surface area contributed by atoms with Gasteiger partial charge in [0.05, 0.1) is 11.5 Å². The van der Waals surface area contributed by atoms with Gasteiger partial charge >= 0.3 is 0 Å². The third-order valence-corrected chi connectivity index (χ3v) is 1.88. The number of thiol groups is 1. The first kappa shape index (κ1) is 11.3. The Kier molecular flexibility index (Phi) is 3.75. The van der Waals surface area contributed by atoms with Crippen LogP contribution in [0.2, 0.25) is 0 Å². The molecule has 0 spiro atoms. The van der Waals surface area contributed by atoms with Gasteiger partial charge in [0.1, 0.15) is 5.82 Å². The van der Waals surface area contributed by atoms with Crippen molar-refractivity contribution in [2.75, 3.05) is 6.61 Å². The topological polar surface area (TPSA) is 9.23 Å². The smallest absolute Gasteiger partial charge is 0.169 e. The molecule has 0 saturated heterocycles. The lowest BCUT2D eigenvalue weighted by atomic mass is 10.2. The van der Waals surface area contributed by atoms with E-state index in [9.17, 15) is 8.78 Å². The van der Waals surface area contributed by atoms with E-state index in [1.807, 2.05) is 13.8 Å². The number of rotatable bonds is 3. The van der Waals surface area contributed by atoms with Gasteiger partial charge in [-0.3, -0.25) is 0 Å². The summed E-state index contributed by atoms with van der Waals surface area (Å²) in [6.45, 7) is 4.27. The molecule has 0 atom stereocenters. The first-order chi connectivity index (χ1) is 6.50. The molecule has 0 unspecified atom stereocenters. The van der Waals surface area contributed by atoms with E-state index in [1.165, 1.54) is 0 Å². The Morgan fingerprint density at radius 1 is 1.36 bits per heavy atom. The zero-order chi connectivity index (χ0) is 10.7. The van der Waals surface area contributed by atoms with Crippen molar-refractivity contribution in [3.8, 4) is 5.75 Å². The van der Waals surface area contributed by atoms with E-state index in [4.69, 9.17) is 4.74 Å². The summed E-state index contributed by atoms with van der Waals surface area (Å²) in [5, 5.41) is 0. The van der Waals surface area contributed by atoms with Crippen molar-refractivity contribution < 1.29 is 13.5 Å². The second kappa shape index (κ2) is 4.64. The highest BCUT2D eigenvalue weighted by Crippen LogP contribution is 2.27. The highest BCUT2D eigenvalue weighted by atomic mass is 32.1. The molecule has 78 valence electrons. The highest BCUT2D eigenvalue weighted by Gasteiger charge is 2.10. The van der Waals surface area contributed by atoms with Crippen molar-refractivity contribution in [1.29, 1.82) is 0 Å². The van der Waals surface area contributed by atoms with E-state index in [0.29, 0.717) is 6.61 Å². The fourth-order valence-corrected chi connectivity index (χ4v) is 1.23. The Labute approximate surface area is 87.5 Å². The number of hydrogen-bond acceptors (Lipinski definition) is 2. The molecular formula is C10H12F2OS. The van der Waals surface area contributed by atoms with E-state index in [2.05, 4.69) is 12.6 Å². The largest absolute Gasteiger partial charge is 0.489 e.